The van der Waals surface area contributed by atoms with Crippen LogP contribution in [0.2, 0.25) is 0 Å². The van der Waals surface area contributed by atoms with E-state index in [0.717, 1.165) is 0 Å². The Morgan fingerprint density at radius 2 is 1.48 bits per heavy atom. The van der Waals surface area contributed by atoms with Crippen molar-refractivity contribution in [1.82, 2.24) is 42.5 Å². The maximum atomic E-state index is 13.8. The van der Waals surface area contributed by atoms with Crippen LogP contribution in [0.1, 0.15) is 92.6 Å². The van der Waals surface area contributed by atoms with Crippen LogP contribution in [0.3, 0.4) is 0 Å². The van der Waals surface area contributed by atoms with E-state index in [9.17, 15) is 48.3 Å². The van der Waals surface area contributed by atoms with Gasteiger partial charge in [0.15, 0.2) is 0 Å². The normalized spacial score (nSPS) is 23.6. The van der Waals surface area contributed by atoms with E-state index in [4.69, 9.17) is 0 Å². The fourth-order valence-electron chi connectivity index (χ4n) is 6.23. The van der Waals surface area contributed by atoms with Crippen LogP contribution in [-0.4, -0.2) is 108 Å². The summed E-state index contributed by atoms with van der Waals surface area (Å²) in [5, 5.41) is 30.9. The number of aliphatic carboxylic acids is 1. The van der Waals surface area contributed by atoms with Crippen LogP contribution in [0.25, 0.3) is 0 Å². The summed E-state index contributed by atoms with van der Waals surface area (Å²) in [6, 6.07) is 0.363. The molecule has 2 rings (SSSR count). The quantitative estimate of drug-likeness (QED) is 0.118. The minimum Gasteiger partial charge on any atom is -0.480 e. The highest BCUT2D eigenvalue weighted by Gasteiger charge is 2.35. The van der Waals surface area contributed by atoms with Gasteiger partial charge in [0.1, 0.15) is 42.3 Å². The van der Waals surface area contributed by atoms with Gasteiger partial charge in [-0.05, 0) is 55.9 Å². The zero-order valence-electron chi connectivity index (χ0n) is 34.5. The van der Waals surface area contributed by atoms with Crippen molar-refractivity contribution in [2.75, 3.05) is 6.54 Å². The van der Waals surface area contributed by atoms with Crippen LogP contribution in [0.5, 0.6) is 0 Å². The number of carbonyl (C=O) groups excluding carboxylic acids is 8. The predicted octanol–water partition coefficient (Wildman–Crippen LogP) is -0.205. The SMILES string of the molecule is CCC(C)C1NC(=O)[C@H](C)NC(=O)[C@@H](NC(=O)[C@@H](NC=O)C(C)C)CCC(=O)NCCCC[C@@H](C(=O)N[C@@H](Cc2ccccc2)C(=O)O)NC(=O)C(C(C)C)NC1=O. The van der Waals surface area contributed by atoms with E-state index >= 15 is 0 Å². The Balaban J connectivity index is 2.45. The van der Waals surface area contributed by atoms with E-state index in [0.29, 0.717) is 31.2 Å². The van der Waals surface area contributed by atoms with Crippen molar-refractivity contribution in [3.63, 3.8) is 0 Å². The molecule has 18 nitrogen and oxygen atoms in total. The molecule has 0 bridgehead atoms. The van der Waals surface area contributed by atoms with Crippen LogP contribution in [0.4, 0.5) is 0 Å². The second kappa shape index (κ2) is 24.3. The van der Waals surface area contributed by atoms with Crippen LogP contribution < -0.4 is 42.5 Å². The number of benzene rings is 1. The largest absolute Gasteiger partial charge is 0.480 e. The van der Waals surface area contributed by atoms with Gasteiger partial charge in [0.2, 0.25) is 47.8 Å². The summed E-state index contributed by atoms with van der Waals surface area (Å²) in [6.45, 7) is 11.8. The standard InChI is InChI=1S/C40H62N8O10/c1-8-24(6)33-39(56)47-32(23(4)5)38(55)44-27(36(53)46-29(40(57)58)20-26-14-10-9-11-15-26)16-12-13-19-41-30(50)18-17-28(35(52)43-25(7)34(51)48-33)45-37(54)31(22(2)3)42-21-49/h9-11,14-15,21-25,27-29,31-33H,8,12-13,16-20H2,1-7H3,(H,41,50)(H,42,49)(H,43,52)(H,44,55)(H,45,54)(H,46,53)(H,47,56)(H,48,51)(H,57,58)/t24?,25-,27-,28-,29-,31-,32?,33?/m0/s1. The Bertz CT molecular complexity index is 1590. The number of rotatable bonds is 13. The average Bonchev–Trinajstić information content (AvgIpc) is 3.17. The van der Waals surface area contributed by atoms with E-state index in [1.807, 2.05) is 0 Å². The van der Waals surface area contributed by atoms with Gasteiger partial charge in [-0.1, -0.05) is 78.3 Å². The molecule has 0 aliphatic carbocycles. The van der Waals surface area contributed by atoms with Gasteiger partial charge in [0, 0.05) is 19.4 Å². The van der Waals surface area contributed by atoms with Crippen molar-refractivity contribution >= 4 is 53.7 Å². The number of amides is 8. The molecule has 1 fully saturated rings. The van der Waals surface area contributed by atoms with Gasteiger partial charge in [0.05, 0.1) is 0 Å². The summed E-state index contributed by atoms with van der Waals surface area (Å²) in [5.41, 5.74) is 0.672. The molecule has 0 aromatic heterocycles. The molecule has 1 heterocycles. The van der Waals surface area contributed by atoms with E-state index in [2.05, 4.69) is 42.5 Å². The van der Waals surface area contributed by atoms with Gasteiger partial charge >= 0.3 is 5.97 Å². The fourth-order valence-corrected chi connectivity index (χ4v) is 6.23. The lowest BCUT2D eigenvalue weighted by atomic mass is 9.96. The maximum Gasteiger partial charge on any atom is 0.326 e. The van der Waals surface area contributed by atoms with Gasteiger partial charge in [-0.15, -0.1) is 0 Å². The molecule has 8 amide bonds. The van der Waals surface area contributed by atoms with Gasteiger partial charge in [-0.25, -0.2) is 4.79 Å². The molecule has 1 aliphatic heterocycles. The lowest BCUT2D eigenvalue weighted by Gasteiger charge is -2.30. The smallest absolute Gasteiger partial charge is 0.326 e. The average molecular weight is 815 g/mol. The molecular weight excluding hydrogens is 752 g/mol. The van der Waals surface area contributed by atoms with Crippen molar-refractivity contribution in [2.24, 2.45) is 17.8 Å². The van der Waals surface area contributed by atoms with Crippen molar-refractivity contribution in [1.29, 1.82) is 0 Å². The highest BCUT2D eigenvalue weighted by atomic mass is 16.4. The fraction of sp³-hybridized carbons (Fsp3) is 0.625. The van der Waals surface area contributed by atoms with Crippen LogP contribution in [-0.2, 0) is 49.6 Å². The van der Waals surface area contributed by atoms with E-state index < -0.39 is 101 Å². The van der Waals surface area contributed by atoms with Crippen LogP contribution >= 0.6 is 0 Å². The molecule has 0 spiro atoms. The first-order chi connectivity index (χ1) is 27.4. The molecule has 1 aliphatic rings. The second-order valence-electron chi connectivity index (χ2n) is 15.4. The second-order valence-corrected chi connectivity index (χ2v) is 15.4. The summed E-state index contributed by atoms with van der Waals surface area (Å²) < 4.78 is 0. The molecule has 58 heavy (non-hydrogen) atoms. The Kier molecular flexibility index (Phi) is 20.3. The highest BCUT2D eigenvalue weighted by molar-refractivity contribution is 5.97. The number of carboxylic acid groups (broad SMARTS) is 1. The minimum absolute atomic E-state index is 0.0137. The zero-order chi connectivity index (χ0) is 43.5. The first-order valence-corrected chi connectivity index (χ1v) is 19.9. The van der Waals surface area contributed by atoms with Gasteiger partial charge in [-0.2, -0.15) is 0 Å². The topological polar surface area (TPSA) is 270 Å². The molecular formula is C40H62N8O10. The highest BCUT2D eigenvalue weighted by Crippen LogP contribution is 2.13. The summed E-state index contributed by atoms with van der Waals surface area (Å²) in [6.07, 6.45) is 1.11. The number of nitrogens with one attached hydrogen (secondary N) is 8. The van der Waals surface area contributed by atoms with E-state index in [1.165, 1.54) is 6.92 Å². The Morgan fingerprint density at radius 1 is 0.845 bits per heavy atom. The Morgan fingerprint density at radius 3 is 2.07 bits per heavy atom. The van der Waals surface area contributed by atoms with Crippen molar-refractivity contribution in [3.05, 3.63) is 35.9 Å². The minimum atomic E-state index is -1.31. The lowest BCUT2D eigenvalue weighted by molar-refractivity contribution is -0.142. The summed E-state index contributed by atoms with van der Waals surface area (Å²) in [5.74, 6) is -7.34. The Labute approximate surface area is 339 Å². The van der Waals surface area contributed by atoms with Crippen LogP contribution in [0, 0.1) is 17.8 Å². The third kappa shape index (κ3) is 15.8. The van der Waals surface area contributed by atoms with Crippen molar-refractivity contribution < 1.29 is 48.3 Å². The first-order valence-electron chi connectivity index (χ1n) is 19.9. The molecule has 18 heteroatoms. The van der Waals surface area contributed by atoms with Gasteiger partial charge in [-0.3, -0.25) is 38.4 Å². The van der Waals surface area contributed by atoms with Crippen molar-refractivity contribution in [2.45, 2.75) is 136 Å². The number of carboxylic acids is 1. The molecule has 0 saturated carbocycles. The zero-order valence-corrected chi connectivity index (χ0v) is 34.5. The van der Waals surface area contributed by atoms with E-state index in [1.54, 1.807) is 71.9 Å². The third-order valence-corrected chi connectivity index (χ3v) is 10.1. The molecule has 1 saturated heterocycles. The molecule has 1 aromatic carbocycles. The molecule has 8 atom stereocenters. The monoisotopic (exact) mass is 814 g/mol. The number of hydrogen-bond donors (Lipinski definition) is 9. The van der Waals surface area contributed by atoms with Crippen molar-refractivity contribution in [3.8, 4) is 0 Å². The molecule has 1 aromatic rings. The maximum absolute atomic E-state index is 13.8. The molecule has 3 unspecified atom stereocenters. The third-order valence-electron chi connectivity index (χ3n) is 10.1. The summed E-state index contributed by atoms with van der Waals surface area (Å²) >= 11 is 0. The number of hydrogen-bond acceptors (Lipinski definition) is 9. The van der Waals surface area contributed by atoms with Gasteiger partial charge < -0.3 is 47.6 Å². The molecule has 0 radical (unpaired) electrons. The Hall–Kier alpha value is -5.55. The summed E-state index contributed by atoms with van der Waals surface area (Å²) in [7, 11) is 0. The molecule has 322 valence electrons. The predicted molar refractivity (Wildman–Crippen MR) is 213 cm³/mol. The first kappa shape index (κ1) is 48.6. The number of carbonyl (C=O) groups is 9. The summed E-state index contributed by atoms with van der Waals surface area (Å²) in [4.78, 5) is 118. The van der Waals surface area contributed by atoms with E-state index in [-0.39, 0.29) is 38.1 Å². The van der Waals surface area contributed by atoms with Crippen LogP contribution in [0.15, 0.2) is 30.3 Å². The van der Waals surface area contributed by atoms with Gasteiger partial charge in [0.25, 0.3) is 0 Å². The lowest BCUT2D eigenvalue weighted by Crippen LogP contribution is -2.61. The molecule has 9 N–H and O–H groups in total.